The highest BCUT2D eigenvalue weighted by molar-refractivity contribution is 7.17. The van der Waals surface area contributed by atoms with Gasteiger partial charge in [0.2, 0.25) is 0 Å². The van der Waals surface area contributed by atoms with Gasteiger partial charge in [-0.15, -0.1) is 11.3 Å². The number of fused-ring (bicyclic) bond motifs is 1. The molecule has 26 heavy (non-hydrogen) atoms. The van der Waals surface area contributed by atoms with Crippen LogP contribution in [0, 0.1) is 5.82 Å². The van der Waals surface area contributed by atoms with Crippen LogP contribution in [0.2, 0.25) is 10.0 Å². The molecule has 7 heteroatoms. The molecular formula is C19H11Cl2FN2OS. The zero-order valence-electron chi connectivity index (χ0n) is 13.2. The van der Waals surface area contributed by atoms with Crippen molar-refractivity contribution in [1.29, 1.82) is 0 Å². The Balaban J connectivity index is 1.86. The summed E-state index contributed by atoms with van der Waals surface area (Å²) in [6.45, 7) is 0.221. The maximum absolute atomic E-state index is 13.2. The molecule has 2 aromatic heterocycles. The van der Waals surface area contributed by atoms with Crippen molar-refractivity contribution >= 4 is 44.8 Å². The van der Waals surface area contributed by atoms with Gasteiger partial charge in [0, 0.05) is 26.6 Å². The Bertz CT molecular complexity index is 1150. The summed E-state index contributed by atoms with van der Waals surface area (Å²) in [7, 11) is 0. The van der Waals surface area contributed by atoms with Crippen LogP contribution in [0.15, 0.2) is 59.0 Å². The van der Waals surface area contributed by atoms with Crippen LogP contribution in [0.1, 0.15) is 5.56 Å². The lowest BCUT2D eigenvalue weighted by molar-refractivity contribution is 0.628. The second-order valence-corrected chi connectivity index (χ2v) is 7.39. The van der Waals surface area contributed by atoms with Crippen LogP contribution in [0.25, 0.3) is 21.3 Å². The molecule has 0 bridgehead atoms. The van der Waals surface area contributed by atoms with E-state index in [1.54, 1.807) is 30.3 Å². The van der Waals surface area contributed by atoms with E-state index in [1.165, 1.54) is 34.4 Å². The number of benzene rings is 2. The Labute approximate surface area is 162 Å². The predicted molar refractivity (Wildman–Crippen MR) is 105 cm³/mol. The molecule has 0 radical (unpaired) electrons. The Morgan fingerprint density at radius 2 is 1.77 bits per heavy atom. The number of nitrogens with zero attached hydrogens (tertiary/aromatic N) is 2. The van der Waals surface area contributed by atoms with Crippen molar-refractivity contribution in [3.05, 3.63) is 86.0 Å². The van der Waals surface area contributed by atoms with Crippen molar-refractivity contribution in [2.75, 3.05) is 0 Å². The summed E-state index contributed by atoms with van der Waals surface area (Å²) in [5.74, 6) is -0.322. The largest absolute Gasteiger partial charge is 0.294 e. The Morgan fingerprint density at radius 3 is 2.46 bits per heavy atom. The summed E-state index contributed by atoms with van der Waals surface area (Å²) in [4.78, 5) is 18.1. The van der Waals surface area contributed by atoms with Crippen molar-refractivity contribution < 1.29 is 4.39 Å². The van der Waals surface area contributed by atoms with E-state index < -0.39 is 0 Å². The first-order valence-electron chi connectivity index (χ1n) is 7.70. The minimum absolute atomic E-state index is 0.188. The molecule has 130 valence electrons. The van der Waals surface area contributed by atoms with Gasteiger partial charge in [0.1, 0.15) is 10.6 Å². The van der Waals surface area contributed by atoms with Gasteiger partial charge in [-0.25, -0.2) is 9.37 Å². The summed E-state index contributed by atoms with van der Waals surface area (Å²) >= 11 is 13.8. The molecule has 4 rings (SSSR count). The first-order valence-corrected chi connectivity index (χ1v) is 9.33. The first kappa shape index (κ1) is 17.2. The van der Waals surface area contributed by atoms with Crippen LogP contribution in [0.4, 0.5) is 4.39 Å². The molecule has 0 N–H and O–H groups in total. The minimum Gasteiger partial charge on any atom is -0.294 e. The highest BCUT2D eigenvalue weighted by Crippen LogP contribution is 2.31. The predicted octanol–water partition coefficient (Wildman–Crippen LogP) is 5.62. The fraction of sp³-hybridized carbons (Fsp3) is 0.0526. The van der Waals surface area contributed by atoms with Crippen molar-refractivity contribution in [2.45, 2.75) is 6.54 Å². The molecule has 0 unspecified atom stereocenters. The Kier molecular flexibility index (Phi) is 4.53. The molecule has 2 heterocycles. The van der Waals surface area contributed by atoms with Gasteiger partial charge in [-0.3, -0.25) is 9.36 Å². The zero-order valence-corrected chi connectivity index (χ0v) is 15.6. The molecule has 0 atom stereocenters. The molecule has 0 aliphatic carbocycles. The summed E-state index contributed by atoms with van der Waals surface area (Å²) in [6.07, 6.45) is 1.50. The topological polar surface area (TPSA) is 34.9 Å². The van der Waals surface area contributed by atoms with Crippen LogP contribution in [-0.2, 0) is 6.54 Å². The van der Waals surface area contributed by atoms with Crippen LogP contribution >= 0.6 is 34.5 Å². The van der Waals surface area contributed by atoms with Gasteiger partial charge in [0.25, 0.3) is 5.56 Å². The lowest BCUT2D eigenvalue weighted by Gasteiger charge is -2.09. The summed E-state index contributed by atoms with van der Waals surface area (Å²) in [5.41, 5.74) is 1.98. The van der Waals surface area contributed by atoms with Gasteiger partial charge in [0.05, 0.1) is 18.3 Å². The van der Waals surface area contributed by atoms with Gasteiger partial charge in [0.15, 0.2) is 0 Å². The first-order chi connectivity index (χ1) is 12.5. The second-order valence-electron chi connectivity index (χ2n) is 5.71. The fourth-order valence-corrected chi connectivity index (χ4v) is 4.20. The van der Waals surface area contributed by atoms with Crippen LogP contribution in [-0.4, -0.2) is 9.55 Å². The van der Waals surface area contributed by atoms with Gasteiger partial charge in [-0.1, -0.05) is 41.4 Å². The maximum Gasteiger partial charge on any atom is 0.263 e. The quantitative estimate of drug-likeness (QED) is 0.444. The molecule has 0 saturated heterocycles. The Hall–Kier alpha value is -2.21. The van der Waals surface area contributed by atoms with E-state index in [-0.39, 0.29) is 17.9 Å². The third kappa shape index (κ3) is 3.03. The number of rotatable bonds is 3. The van der Waals surface area contributed by atoms with Gasteiger partial charge < -0.3 is 0 Å². The van der Waals surface area contributed by atoms with Crippen LogP contribution in [0.5, 0.6) is 0 Å². The van der Waals surface area contributed by atoms with E-state index in [9.17, 15) is 9.18 Å². The molecule has 0 aliphatic rings. The van der Waals surface area contributed by atoms with Crippen LogP contribution < -0.4 is 5.56 Å². The lowest BCUT2D eigenvalue weighted by atomic mass is 10.1. The van der Waals surface area contributed by atoms with E-state index in [1.807, 2.05) is 5.38 Å². The third-order valence-electron chi connectivity index (χ3n) is 4.11. The van der Waals surface area contributed by atoms with Gasteiger partial charge in [-0.05, 0) is 29.8 Å². The molecule has 0 saturated carbocycles. The van der Waals surface area contributed by atoms with E-state index >= 15 is 0 Å². The Morgan fingerprint density at radius 1 is 1.08 bits per heavy atom. The monoisotopic (exact) mass is 404 g/mol. The SMILES string of the molecule is O=c1c2c(-c3ccc(F)cc3)csc2ncn1Cc1c(Cl)cccc1Cl. The smallest absolute Gasteiger partial charge is 0.263 e. The van der Waals surface area contributed by atoms with E-state index in [2.05, 4.69) is 4.98 Å². The number of aromatic nitrogens is 2. The molecular weight excluding hydrogens is 394 g/mol. The summed E-state index contributed by atoms with van der Waals surface area (Å²) in [5, 5.41) is 3.36. The second kappa shape index (κ2) is 6.83. The number of thiophene rings is 1. The summed E-state index contributed by atoms with van der Waals surface area (Å²) < 4.78 is 14.7. The zero-order chi connectivity index (χ0) is 18.3. The highest BCUT2D eigenvalue weighted by atomic mass is 35.5. The van der Waals surface area contributed by atoms with Crippen molar-refractivity contribution in [2.24, 2.45) is 0 Å². The third-order valence-corrected chi connectivity index (χ3v) is 5.70. The molecule has 2 aromatic carbocycles. The van der Waals surface area contributed by atoms with E-state index in [4.69, 9.17) is 23.2 Å². The van der Waals surface area contributed by atoms with E-state index in [0.29, 0.717) is 25.8 Å². The molecule has 0 fully saturated rings. The fourth-order valence-electron chi connectivity index (χ4n) is 2.78. The number of hydrogen-bond acceptors (Lipinski definition) is 3. The number of hydrogen-bond donors (Lipinski definition) is 0. The van der Waals surface area contributed by atoms with Crippen LogP contribution in [0.3, 0.4) is 0 Å². The highest BCUT2D eigenvalue weighted by Gasteiger charge is 2.15. The standard InChI is InChI=1S/C19H11Cl2FN2OS/c20-15-2-1-3-16(21)13(15)8-24-10-23-18-17(19(24)25)14(9-26-18)11-4-6-12(22)7-5-11/h1-7,9-10H,8H2. The normalized spacial score (nSPS) is 11.2. The van der Waals surface area contributed by atoms with Gasteiger partial charge >= 0.3 is 0 Å². The van der Waals surface area contributed by atoms with Crippen molar-refractivity contribution in [1.82, 2.24) is 9.55 Å². The number of halogens is 3. The average Bonchev–Trinajstić information content (AvgIpc) is 3.05. The summed E-state index contributed by atoms with van der Waals surface area (Å²) in [6, 6.07) is 11.3. The maximum atomic E-state index is 13.2. The minimum atomic E-state index is -0.322. The van der Waals surface area contributed by atoms with E-state index in [0.717, 1.165) is 11.1 Å². The lowest BCUT2D eigenvalue weighted by Crippen LogP contribution is -2.21. The molecule has 0 amide bonds. The molecule has 4 aromatic rings. The molecule has 0 spiro atoms. The van der Waals surface area contributed by atoms with Crippen molar-refractivity contribution in [3.8, 4) is 11.1 Å². The van der Waals surface area contributed by atoms with Gasteiger partial charge in [-0.2, -0.15) is 0 Å². The van der Waals surface area contributed by atoms with Crippen molar-refractivity contribution in [3.63, 3.8) is 0 Å². The molecule has 0 aliphatic heterocycles. The molecule has 3 nitrogen and oxygen atoms in total. The average molecular weight is 405 g/mol.